The fourth-order valence-electron chi connectivity index (χ4n) is 4.39. The minimum absolute atomic E-state index is 0.152. The van der Waals surface area contributed by atoms with Gasteiger partial charge in [-0.3, -0.25) is 4.84 Å². The zero-order chi connectivity index (χ0) is 19.3. The first-order valence-electron chi connectivity index (χ1n) is 10.2. The Hall–Kier alpha value is -1.35. The topological polar surface area (TPSA) is 12.5 Å². The SMILES string of the molecule is CCON(Cc1ccccc1)C(CC(C)C)C1(c2ccc(Cl)cc2)CCC1. The van der Waals surface area contributed by atoms with Crippen LogP contribution in [0.3, 0.4) is 0 Å². The van der Waals surface area contributed by atoms with Crippen molar-refractivity contribution in [3.05, 3.63) is 70.7 Å². The standard InChI is InChI=1S/C24H32ClNO/c1-4-27-26(18-20-9-6-5-7-10-20)23(17-19(2)3)24(15-8-16-24)21-11-13-22(25)14-12-21/h5-7,9-14,19,23H,4,8,15-18H2,1-3H3. The maximum atomic E-state index is 6.24. The minimum Gasteiger partial charge on any atom is -0.299 e. The van der Waals surface area contributed by atoms with E-state index in [9.17, 15) is 0 Å². The third kappa shape index (κ3) is 4.74. The van der Waals surface area contributed by atoms with Crippen molar-refractivity contribution < 1.29 is 4.84 Å². The Kier molecular flexibility index (Phi) is 6.97. The number of hydrogen-bond donors (Lipinski definition) is 0. The van der Waals surface area contributed by atoms with E-state index in [0.717, 1.165) is 18.0 Å². The molecule has 1 fully saturated rings. The van der Waals surface area contributed by atoms with E-state index in [-0.39, 0.29) is 5.41 Å². The molecule has 0 aliphatic heterocycles. The fourth-order valence-corrected chi connectivity index (χ4v) is 4.52. The molecule has 0 heterocycles. The highest BCUT2D eigenvalue weighted by atomic mass is 35.5. The lowest BCUT2D eigenvalue weighted by atomic mass is 9.58. The smallest absolute Gasteiger partial charge is 0.0657 e. The summed E-state index contributed by atoms with van der Waals surface area (Å²) in [5.41, 5.74) is 2.85. The second kappa shape index (κ2) is 9.23. The van der Waals surface area contributed by atoms with Crippen LogP contribution in [0.5, 0.6) is 0 Å². The number of hydrogen-bond acceptors (Lipinski definition) is 2. The Labute approximate surface area is 169 Å². The molecule has 146 valence electrons. The van der Waals surface area contributed by atoms with Crippen LogP contribution in [0.15, 0.2) is 54.6 Å². The van der Waals surface area contributed by atoms with E-state index in [0.29, 0.717) is 18.6 Å². The van der Waals surface area contributed by atoms with Crippen LogP contribution >= 0.6 is 11.6 Å². The highest BCUT2D eigenvalue weighted by Gasteiger charge is 2.48. The summed E-state index contributed by atoms with van der Waals surface area (Å²) >= 11 is 6.17. The molecule has 0 amide bonds. The highest BCUT2D eigenvalue weighted by molar-refractivity contribution is 6.30. The molecule has 2 nitrogen and oxygen atoms in total. The fraction of sp³-hybridized carbons (Fsp3) is 0.500. The summed E-state index contributed by atoms with van der Waals surface area (Å²) in [6.45, 7) is 8.22. The lowest BCUT2D eigenvalue weighted by Crippen LogP contribution is -2.54. The van der Waals surface area contributed by atoms with Crippen molar-refractivity contribution in [2.45, 2.75) is 64.5 Å². The molecule has 1 atom stereocenters. The summed E-state index contributed by atoms with van der Waals surface area (Å²) in [6, 6.07) is 19.5. The van der Waals surface area contributed by atoms with E-state index in [4.69, 9.17) is 16.4 Å². The first-order chi connectivity index (χ1) is 13.0. The predicted octanol–water partition coefficient (Wildman–Crippen LogP) is 6.63. The molecule has 1 aliphatic carbocycles. The van der Waals surface area contributed by atoms with Crippen molar-refractivity contribution in [2.75, 3.05) is 6.61 Å². The van der Waals surface area contributed by atoms with E-state index >= 15 is 0 Å². The maximum absolute atomic E-state index is 6.24. The Morgan fingerprint density at radius 3 is 2.22 bits per heavy atom. The first kappa shape index (κ1) is 20.4. The number of halogens is 1. The molecule has 0 spiro atoms. The third-order valence-corrected chi connectivity index (χ3v) is 6.07. The van der Waals surface area contributed by atoms with Crippen LogP contribution in [-0.4, -0.2) is 17.7 Å². The summed E-state index contributed by atoms with van der Waals surface area (Å²) < 4.78 is 0. The van der Waals surface area contributed by atoms with Gasteiger partial charge < -0.3 is 0 Å². The second-order valence-electron chi connectivity index (χ2n) is 8.14. The average molecular weight is 386 g/mol. The van der Waals surface area contributed by atoms with Gasteiger partial charge in [0, 0.05) is 23.0 Å². The van der Waals surface area contributed by atoms with Crippen LogP contribution in [-0.2, 0) is 16.8 Å². The molecule has 0 radical (unpaired) electrons. The zero-order valence-corrected chi connectivity index (χ0v) is 17.6. The van der Waals surface area contributed by atoms with Crippen LogP contribution in [0.2, 0.25) is 5.02 Å². The summed E-state index contributed by atoms with van der Waals surface area (Å²) in [6.07, 6.45) is 4.83. The molecule has 1 unspecified atom stereocenters. The molecular weight excluding hydrogens is 354 g/mol. The van der Waals surface area contributed by atoms with E-state index in [1.165, 1.54) is 30.4 Å². The van der Waals surface area contributed by atoms with Gasteiger partial charge in [0.2, 0.25) is 0 Å². The lowest BCUT2D eigenvalue weighted by molar-refractivity contribution is -0.216. The Morgan fingerprint density at radius 1 is 1.04 bits per heavy atom. The molecule has 2 aromatic carbocycles. The zero-order valence-electron chi connectivity index (χ0n) is 16.8. The van der Waals surface area contributed by atoms with E-state index < -0.39 is 0 Å². The van der Waals surface area contributed by atoms with Gasteiger partial charge in [-0.15, -0.1) is 0 Å². The summed E-state index contributed by atoms with van der Waals surface area (Å²) in [5.74, 6) is 0.610. The van der Waals surface area contributed by atoms with Crippen molar-refractivity contribution in [1.29, 1.82) is 0 Å². The third-order valence-electron chi connectivity index (χ3n) is 5.82. The first-order valence-corrected chi connectivity index (χ1v) is 10.6. The number of nitrogens with zero attached hydrogens (tertiary/aromatic N) is 1. The van der Waals surface area contributed by atoms with Crippen LogP contribution in [0.25, 0.3) is 0 Å². The van der Waals surface area contributed by atoms with Crippen molar-refractivity contribution in [2.24, 2.45) is 5.92 Å². The monoisotopic (exact) mass is 385 g/mol. The quantitative estimate of drug-likeness (QED) is 0.449. The highest BCUT2D eigenvalue weighted by Crippen LogP contribution is 2.50. The molecule has 1 saturated carbocycles. The van der Waals surface area contributed by atoms with Crippen molar-refractivity contribution in [3.63, 3.8) is 0 Å². The van der Waals surface area contributed by atoms with Crippen molar-refractivity contribution in [1.82, 2.24) is 5.06 Å². The molecule has 0 aromatic heterocycles. The van der Waals surface area contributed by atoms with Crippen LogP contribution in [0.1, 0.15) is 57.6 Å². The Morgan fingerprint density at radius 2 is 1.70 bits per heavy atom. The van der Waals surface area contributed by atoms with Gasteiger partial charge in [-0.1, -0.05) is 74.3 Å². The van der Waals surface area contributed by atoms with Gasteiger partial charge in [0.05, 0.1) is 6.61 Å². The number of rotatable bonds is 9. The minimum atomic E-state index is 0.152. The molecule has 1 aliphatic rings. The Balaban J connectivity index is 1.95. The predicted molar refractivity (Wildman–Crippen MR) is 114 cm³/mol. The van der Waals surface area contributed by atoms with Crippen molar-refractivity contribution >= 4 is 11.6 Å². The molecule has 2 aromatic rings. The van der Waals surface area contributed by atoms with Gasteiger partial charge in [0.15, 0.2) is 0 Å². The normalized spacial score (nSPS) is 17.1. The number of hydroxylamine groups is 2. The van der Waals surface area contributed by atoms with Gasteiger partial charge >= 0.3 is 0 Å². The van der Waals surface area contributed by atoms with Gasteiger partial charge in [-0.05, 0) is 55.4 Å². The molecule has 3 heteroatoms. The lowest BCUT2D eigenvalue weighted by Gasteiger charge is -2.52. The van der Waals surface area contributed by atoms with Crippen LogP contribution in [0, 0.1) is 5.92 Å². The van der Waals surface area contributed by atoms with Crippen LogP contribution in [0.4, 0.5) is 0 Å². The largest absolute Gasteiger partial charge is 0.299 e. The summed E-state index contributed by atoms with van der Waals surface area (Å²) in [4.78, 5) is 6.24. The molecule has 0 bridgehead atoms. The van der Waals surface area contributed by atoms with E-state index in [1.54, 1.807) is 0 Å². The van der Waals surface area contributed by atoms with E-state index in [1.807, 2.05) is 12.1 Å². The molecular formula is C24H32ClNO. The average Bonchev–Trinajstić information content (AvgIpc) is 2.62. The molecule has 0 N–H and O–H groups in total. The summed E-state index contributed by atoms with van der Waals surface area (Å²) in [5, 5.41) is 3.07. The molecule has 0 saturated heterocycles. The number of benzene rings is 2. The van der Waals surface area contributed by atoms with Gasteiger partial charge in [0.1, 0.15) is 0 Å². The molecule has 27 heavy (non-hydrogen) atoms. The Bertz CT molecular complexity index is 694. The van der Waals surface area contributed by atoms with Gasteiger partial charge in [-0.25, -0.2) is 0 Å². The maximum Gasteiger partial charge on any atom is 0.0657 e. The summed E-state index contributed by atoms with van der Waals surface area (Å²) in [7, 11) is 0. The van der Waals surface area contributed by atoms with Gasteiger partial charge in [0.25, 0.3) is 0 Å². The van der Waals surface area contributed by atoms with Crippen molar-refractivity contribution in [3.8, 4) is 0 Å². The van der Waals surface area contributed by atoms with E-state index in [2.05, 4.69) is 68.3 Å². The molecule has 3 rings (SSSR count). The second-order valence-corrected chi connectivity index (χ2v) is 8.58. The van der Waals surface area contributed by atoms with Crippen LogP contribution < -0.4 is 0 Å². The van der Waals surface area contributed by atoms with Gasteiger partial charge in [-0.2, -0.15) is 5.06 Å².